The molecule has 2 aliphatic rings. The fraction of sp³-hybridized carbons (Fsp3) is 0.522. The fourth-order valence-corrected chi connectivity index (χ4v) is 4.46. The predicted octanol–water partition coefficient (Wildman–Crippen LogP) is 2.86. The number of halogens is 1. The first kappa shape index (κ1) is 23.0. The van der Waals surface area contributed by atoms with Gasteiger partial charge in [-0.3, -0.25) is 9.50 Å². The number of carbonyl (C=O) groups is 1. The summed E-state index contributed by atoms with van der Waals surface area (Å²) in [7, 11) is 0. The maximum Gasteiger partial charge on any atom is 0.407 e. The number of H-pyrrole nitrogens is 1. The van der Waals surface area contributed by atoms with Crippen LogP contribution in [-0.2, 0) is 11.2 Å². The second kappa shape index (κ2) is 9.14. The minimum absolute atomic E-state index is 0.0187. The van der Waals surface area contributed by atoms with E-state index in [1.165, 1.54) is 0 Å². The number of aromatic amines is 1. The molecule has 12 heteroatoms. The number of carbonyl (C=O) groups excluding carboxylic acids is 1. The van der Waals surface area contributed by atoms with E-state index in [2.05, 4.69) is 36.9 Å². The average molecular weight is 483 g/mol. The Bertz CT molecular complexity index is 1280. The number of hydrogen-bond donors (Lipinski definition) is 4. The first-order valence-electron chi connectivity index (χ1n) is 11.7. The number of rotatable bonds is 8. The number of amides is 1. The topological polar surface area (TPSA) is 153 Å². The van der Waals surface area contributed by atoms with E-state index < -0.39 is 24.3 Å². The fourth-order valence-electron chi connectivity index (χ4n) is 4.46. The van der Waals surface area contributed by atoms with Crippen LogP contribution in [0.5, 0.6) is 0 Å². The van der Waals surface area contributed by atoms with Crippen molar-refractivity contribution in [3.63, 3.8) is 0 Å². The third kappa shape index (κ3) is 4.64. The van der Waals surface area contributed by atoms with Crippen LogP contribution >= 0.6 is 0 Å². The van der Waals surface area contributed by atoms with Crippen LogP contribution in [0.2, 0.25) is 0 Å². The van der Waals surface area contributed by atoms with Gasteiger partial charge in [0.15, 0.2) is 11.5 Å². The lowest BCUT2D eigenvalue weighted by atomic mass is 10.0. The Hall–Kier alpha value is -3.72. The Labute approximate surface area is 200 Å². The molecule has 11 nitrogen and oxygen atoms in total. The van der Waals surface area contributed by atoms with Crippen LogP contribution < -0.4 is 10.6 Å². The van der Waals surface area contributed by atoms with E-state index in [9.17, 15) is 15.2 Å². The van der Waals surface area contributed by atoms with E-state index in [0.717, 1.165) is 12.8 Å². The number of aliphatic hydroxyl groups is 1. The summed E-state index contributed by atoms with van der Waals surface area (Å²) in [6.45, 7) is 1.92. The highest BCUT2D eigenvalue weighted by molar-refractivity contribution is 5.69. The molecule has 2 aliphatic carbocycles. The maximum absolute atomic E-state index is 15.2. The van der Waals surface area contributed by atoms with Gasteiger partial charge < -0.3 is 20.5 Å². The number of ether oxygens (including phenoxy) is 1. The van der Waals surface area contributed by atoms with Gasteiger partial charge in [-0.25, -0.2) is 19.2 Å². The largest absolute Gasteiger partial charge is 0.443 e. The highest BCUT2D eigenvalue weighted by Gasteiger charge is 2.43. The summed E-state index contributed by atoms with van der Waals surface area (Å²) in [4.78, 5) is 20.9. The number of nitrogens with zero attached hydrogens (tertiary/aromatic N) is 5. The number of nitrogens with one attached hydrogen (secondary N) is 3. The van der Waals surface area contributed by atoms with Gasteiger partial charge in [0.25, 0.3) is 0 Å². The number of fused-ring (bicyclic) bond motifs is 1. The highest BCUT2D eigenvalue weighted by atomic mass is 19.1. The van der Waals surface area contributed by atoms with E-state index in [1.54, 1.807) is 22.9 Å². The van der Waals surface area contributed by atoms with E-state index in [4.69, 9.17) is 4.74 Å². The first-order valence-corrected chi connectivity index (χ1v) is 11.7. The number of anilines is 2. The number of aromatic nitrogens is 5. The van der Waals surface area contributed by atoms with Gasteiger partial charge in [-0.15, -0.1) is 0 Å². The molecule has 0 saturated heterocycles. The Morgan fingerprint density at radius 1 is 1.46 bits per heavy atom. The standard InChI is InChI=1S/C23H27FN8O3/c1-23(6-7-23)29-22(34)35-17-5-4-13(19(17)24)16-11-18(31-30-16)28-21-27-15(3-2-10-33)14(12-25)20-26-8-9-32(20)21/h8-9,11,13,17,19,33H,2-7,10H2,1H3,(H,29,34)(H2,27,28,30,31)/t13-,17-,19+/m1/s1. The van der Waals surface area contributed by atoms with E-state index in [0.29, 0.717) is 60.0 Å². The van der Waals surface area contributed by atoms with Gasteiger partial charge in [0.2, 0.25) is 5.95 Å². The minimum atomic E-state index is -1.35. The number of aryl methyl sites for hydroxylation is 1. The van der Waals surface area contributed by atoms with Gasteiger partial charge in [0.05, 0.1) is 5.69 Å². The van der Waals surface area contributed by atoms with Gasteiger partial charge in [-0.2, -0.15) is 10.4 Å². The lowest BCUT2D eigenvalue weighted by molar-refractivity contribution is 0.0546. The molecule has 0 radical (unpaired) electrons. The molecule has 2 saturated carbocycles. The summed E-state index contributed by atoms with van der Waals surface area (Å²) in [6.07, 6.45) is 4.16. The van der Waals surface area contributed by atoms with Crippen LogP contribution in [0.25, 0.3) is 5.65 Å². The second-order valence-electron chi connectivity index (χ2n) is 9.41. The molecule has 0 spiro atoms. The number of alkyl halides is 1. The van der Waals surface area contributed by atoms with Crippen molar-refractivity contribution in [2.24, 2.45) is 0 Å². The molecule has 4 N–H and O–H groups in total. The number of nitriles is 1. The maximum atomic E-state index is 15.2. The lowest BCUT2D eigenvalue weighted by Gasteiger charge is -2.19. The second-order valence-corrected chi connectivity index (χ2v) is 9.41. The Kier molecular flexibility index (Phi) is 6.02. The van der Waals surface area contributed by atoms with E-state index in [-0.39, 0.29) is 12.1 Å². The smallest absolute Gasteiger partial charge is 0.407 e. The van der Waals surface area contributed by atoms with Crippen molar-refractivity contribution < 1.29 is 19.0 Å². The molecule has 3 aromatic heterocycles. The number of alkyl carbamates (subject to hydrolysis) is 1. The summed E-state index contributed by atoms with van der Waals surface area (Å²) in [5, 5.41) is 31.8. The molecule has 184 valence electrons. The van der Waals surface area contributed by atoms with Gasteiger partial charge in [-0.05, 0) is 45.4 Å². The lowest BCUT2D eigenvalue weighted by Crippen LogP contribution is -2.38. The van der Waals surface area contributed by atoms with Crippen LogP contribution in [0.15, 0.2) is 18.5 Å². The summed E-state index contributed by atoms with van der Waals surface area (Å²) in [5.41, 5.74) is 1.71. The van der Waals surface area contributed by atoms with Crippen molar-refractivity contribution in [1.29, 1.82) is 5.26 Å². The monoisotopic (exact) mass is 482 g/mol. The van der Waals surface area contributed by atoms with Crippen LogP contribution in [0.4, 0.5) is 21.0 Å². The van der Waals surface area contributed by atoms with Crippen molar-refractivity contribution >= 4 is 23.5 Å². The minimum Gasteiger partial charge on any atom is -0.443 e. The van der Waals surface area contributed by atoms with Crippen molar-refractivity contribution in [3.8, 4) is 6.07 Å². The Morgan fingerprint density at radius 2 is 2.29 bits per heavy atom. The van der Waals surface area contributed by atoms with Crippen molar-refractivity contribution in [2.45, 2.75) is 69.2 Å². The zero-order chi connectivity index (χ0) is 24.6. The van der Waals surface area contributed by atoms with Crippen LogP contribution in [0.3, 0.4) is 0 Å². The predicted molar refractivity (Wildman–Crippen MR) is 123 cm³/mol. The van der Waals surface area contributed by atoms with E-state index in [1.807, 2.05) is 6.92 Å². The normalized spacial score (nSPS) is 22.6. The summed E-state index contributed by atoms with van der Waals surface area (Å²) in [6, 6.07) is 3.85. The molecule has 3 heterocycles. The van der Waals surface area contributed by atoms with Crippen molar-refractivity contribution in [1.82, 2.24) is 29.9 Å². The Balaban J connectivity index is 1.30. The van der Waals surface area contributed by atoms with Gasteiger partial charge in [0.1, 0.15) is 23.9 Å². The quantitative estimate of drug-likeness (QED) is 0.382. The van der Waals surface area contributed by atoms with Gasteiger partial charge in [0, 0.05) is 42.2 Å². The third-order valence-electron chi connectivity index (χ3n) is 6.71. The molecule has 3 aromatic rings. The van der Waals surface area contributed by atoms with Crippen LogP contribution in [0, 0.1) is 11.3 Å². The number of imidazole rings is 1. The molecule has 0 aliphatic heterocycles. The Morgan fingerprint density at radius 3 is 3.03 bits per heavy atom. The highest BCUT2D eigenvalue weighted by Crippen LogP contribution is 2.39. The first-order chi connectivity index (χ1) is 16.9. The molecular formula is C23H27FN8O3. The molecule has 5 rings (SSSR count). The summed E-state index contributed by atoms with van der Waals surface area (Å²) in [5.74, 6) is 0.350. The molecule has 0 unspecified atom stereocenters. The van der Waals surface area contributed by atoms with E-state index >= 15 is 4.39 Å². The number of hydrogen-bond acceptors (Lipinski definition) is 8. The van der Waals surface area contributed by atoms with Crippen LogP contribution in [-0.4, -0.2) is 60.2 Å². The summed E-state index contributed by atoms with van der Waals surface area (Å²) < 4.78 is 22.2. The molecule has 0 aromatic carbocycles. The zero-order valence-electron chi connectivity index (χ0n) is 19.3. The van der Waals surface area contributed by atoms with Gasteiger partial charge >= 0.3 is 6.09 Å². The number of aliphatic hydroxyl groups excluding tert-OH is 1. The van der Waals surface area contributed by atoms with Crippen molar-refractivity contribution in [2.75, 3.05) is 11.9 Å². The molecule has 35 heavy (non-hydrogen) atoms. The SMILES string of the molecule is CC1(NC(=O)O[C@@H]2CC[C@H](c3cc(Nc4nc(CCCO)c(C#N)c5nccn45)n[nH]3)[C@@H]2F)CC1. The third-order valence-corrected chi connectivity index (χ3v) is 6.71. The molecule has 1 amide bonds. The van der Waals surface area contributed by atoms with Crippen molar-refractivity contribution in [3.05, 3.63) is 35.4 Å². The van der Waals surface area contributed by atoms with Crippen LogP contribution in [0.1, 0.15) is 61.9 Å². The molecule has 0 bridgehead atoms. The summed E-state index contributed by atoms with van der Waals surface area (Å²) >= 11 is 0. The molecule has 3 atom stereocenters. The van der Waals surface area contributed by atoms with Gasteiger partial charge in [-0.1, -0.05) is 0 Å². The zero-order valence-corrected chi connectivity index (χ0v) is 19.3. The molecule has 2 fully saturated rings. The molecular weight excluding hydrogens is 455 g/mol. The average Bonchev–Trinajstić information content (AvgIpc) is 3.23.